The topological polar surface area (TPSA) is 52.0 Å². The van der Waals surface area contributed by atoms with E-state index >= 15 is 0 Å². The van der Waals surface area contributed by atoms with Gasteiger partial charge < -0.3 is 5.32 Å². The fraction of sp³-hybridized carbons (Fsp3) is 0.571. The van der Waals surface area contributed by atoms with Crippen molar-refractivity contribution in [2.24, 2.45) is 0 Å². The molecule has 0 bridgehead atoms. The van der Waals surface area contributed by atoms with Crippen LogP contribution in [-0.2, 0) is 0 Å². The highest BCUT2D eigenvalue weighted by molar-refractivity contribution is 5.38. The first kappa shape index (κ1) is 12.8. The molecule has 1 aliphatic rings. The molecule has 1 saturated heterocycles. The number of pyridine rings is 1. The van der Waals surface area contributed by atoms with Crippen LogP contribution in [0.5, 0.6) is 0 Å². The van der Waals surface area contributed by atoms with Crippen molar-refractivity contribution in [1.82, 2.24) is 9.88 Å². The summed E-state index contributed by atoms with van der Waals surface area (Å²) in [5, 5.41) is 12.0. The van der Waals surface area contributed by atoms with Crippen LogP contribution in [0.3, 0.4) is 0 Å². The number of anilines is 1. The molecule has 4 nitrogen and oxygen atoms in total. The van der Waals surface area contributed by atoms with Gasteiger partial charge in [0.2, 0.25) is 0 Å². The Bertz CT molecular complexity index is 401. The lowest BCUT2D eigenvalue weighted by Crippen LogP contribution is -2.41. The van der Waals surface area contributed by atoms with Gasteiger partial charge in [-0.25, -0.2) is 4.98 Å². The number of likely N-dealkylation sites (tertiary alicyclic amines) is 1. The van der Waals surface area contributed by atoms with Crippen molar-refractivity contribution in [3.05, 3.63) is 23.9 Å². The second kappa shape index (κ2) is 6.36. The molecule has 1 atom stereocenters. The summed E-state index contributed by atoms with van der Waals surface area (Å²) in [6, 6.07) is 6.26. The number of nitrogens with zero attached hydrogens (tertiary/aromatic N) is 3. The van der Waals surface area contributed by atoms with E-state index in [9.17, 15) is 0 Å². The lowest BCUT2D eigenvalue weighted by atomic mass is 10.1. The monoisotopic (exact) mass is 244 g/mol. The average Bonchev–Trinajstić information content (AvgIpc) is 2.46. The molecule has 0 amide bonds. The zero-order valence-corrected chi connectivity index (χ0v) is 10.9. The molecular weight excluding hydrogens is 224 g/mol. The van der Waals surface area contributed by atoms with Crippen molar-refractivity contribution in [2.45, 2.75) is 32.2 Å². The zero-order valence-electron chi connectivity index (χ0n) is 10.9. The summed E-state index contributed by atoms with van der Waals surface area (Å²) < 4.78 is 0. The van der Waals surface area contributed by atoms with Crippen LogP contribution >= 0.6 is 0 Å². The molecule has 1 unspecified atom stereocenters. The first-order valence-corrected chi connectivity index (χ1v) is 6.63. The third-order valence-corrected chi connectivity index (χ3v) is 3.49. The van der Waals surface area contributed by atoms with Crippen LogP contribution < -0.4 is 5.32 Å². The lowest BCUT2D eigenvalue weighted by molar-refractivity contribution is 0.180. The number of aromatic nitrogens is 1. The van der Waals surface area contributed by atoms with E-state index in [4.69, 9.17) is 5.26 Å². The van der Waals surface area contributed by atoms with Gasteiger partial charge in [-0.3, -0.25) is 4.90 Å². The molecule has 0 spiro atoms. The first-order valence-electron chi connectivity index (χ1n) is 6.63. The number of nitrogens with one attached hydrogen (secondary N) is 1. The van der Waals surface area contributed by atoms with Gasteiger partial charge in [0, 0.05) is 18.8 Å². The van der Waals surface area contributed by atoms with E-state index in [1.165, 1.54) is 32.4 Å². The number of hydrogen-bond acceptors (Lipinski definition) is 4. The third kappa shape index (κ3) is 3.44. The molecule has 0 saturated carbocycles. The summed E-state index contributed by atoms with van der Waals surface area (Å²) >= 11 is 0. The normalized spacial score (nSPS) is 18.0. The molecule has 1 aromatic rings. The Hall–Kier alpha value is -1.60. The molecule has 1 aliphatic heterocycles. The summed E-state index contributed by atoms with van der Waals surface area (Å²) in [6.07, 6.45) is 5.61. The van der Waals surface area contributed by atoms with E-state index in [-0.39, 0.29) is 0 Å². The molecule has 0 aromatic carbocycles. The van der Waals surface area contributed by atoms with Crippen LogP contribution in [0.25, 0.3) is 0 Å². The summed E-state index contributed by atoms with van der Waals surface area (Å²) in [7, 11) is 0. The Kier molecular flexibility index (Phi) is 4.54. The van der Waals surface area contributed by atoms with Crippen molar-refractivity contribution in [3.63, 3.8) is 0 Å². The number of rotatable bonds is 4. The second-order valence-electron chi connectivity index (χ2n) is 4.87. The van der Waals surface area contributed by atoms with E-state index in [0.29, 0.717) is 11.6 Å². The van der Waals surface area contributed by atoms with Gasteiger partial charge in [-0.1, -0.05) is 6.42 Å². The molecule has 2 heterocycles. The van der Waals surface area contributed by atoms with E-state index < -0.39 is 0 Å². The van der Waals surface area contributed by atoms with Crippen LogP contribution in [0.4, 0.5) is 5.82 Å². The molecule has 1 aromatic heterocycles. The van der Waals surface area contributed by atoms with Gasteiger partial charge in [0.25, 0.3) is 0 Å². The van der Waals surface area contributed by atoms with Crippen molar-refractivity contribution in [1.29, 1.82) is 5.26 Å². The summed E-state index contributed by atoms with van der Waals surface area (Å²) in [5.41, 5.74) is 0.602. The Morgan fingerprint density at radius 1 is 1.39 bits per heavy atom. The minimum atomic E-state index is 0.530. The smallest absolute Gasteiger partial charge is 0.126 e. The van der Waals surface area contributed by atoms with Gasteiger partial charge in [-0.15, -0.1) is 0 Å². The predicted molar refractivity (Wildman–Crippen MR) is 72.3 cm³/mol. The lowest BCUT2D eigenvalue weighted by Gasteiger charge is -2.32. The van der Waals surface area contributed by atoms with Gasteiger partial charge in [-0.05, 0) is 45.0 Å². The Labute approximate surface area is 109 Å². The predicted octanol–water partition coefficient (Wildman–Crippen LogP) is 2.24. The number of hydrogen-bond donors (Lipinski definition) is 1. The summed E-state index contributed by atoms with van der Waals surface area (Å²) in [5.74, 6) is 0.845. The maximum absolute atomic E-state index is 8.70. The molecular formula is C14H20N4. The van der Waals surface area contributed by atoms with Gasteiger partial charge in [0.15, 0.2) is 0 Å². The van der Waals surface area contributed by atoms with E-state index in [1.807, 2.05) is 6.07 Å². The molecule has 96 valence electrons. The van der Waals surface area contributed by atoms with Crippen molar-refractivity contribution >= 4 is 5.82 Å². The minimum absolute atomic E-state index is 0.530. The fourth-order valence-electron chi connectivity index (χ4n) is 2.31. The Morgan fingerprint density at radius 3 is 2.78 bits per heavy atom. The van der Waals surface area contributed by atoms with E-state index in [0.717, 1.165) is 12.4 Å². The highest BCUT2D eigenvalue weighted by Gasteiger charge is 2.16. The van der Waals surface area contributed by atoms with Gasteiger partial charge in [0.05, 0.1) is 5.56 Å². The molecule has 1 N–H and O–H groups in total. The molecule has 2 rings (SSSR count). The summed E-state index contributed by atoms with van der Waals surface area (Å²) in [4.78, 5) is 6.74. The highest BCUT2D eigenvalue weighted by Crippen LogP contribution is 2.12. The average molecular weight is 244 g/mol. The quantitative estimate of drug-likeness (QED) is 0.882. The van der Waals surface area contributed by atoms with Crippen LogP contribution in [0, 0.1) is 11.3 Å². The zero-order chi connectivity index (χ0) is 12.8. The Morgan fingerprint density at radius 2 is 2.17 bits per heavy atom. The molecule has 0 radical (unpaired) electrons. The van der Waals surface area contributed by atoms with Crippen LogP contribution in [0.15, 0.2) is 18.3 Å². The largest absolute Gasteiger partial charge is 0.369 e. The van der Waals surface area contributed by atoms with E-state index in [2.05, 4.69) is 28.2 Å². The molecule has 0 aliphatic carbocycles. The first-order chi connectivity index (χ1) is 8.79. The SMILES string of the molecule is CC(CNc1ccc(C#N)cn1)N1CCCCC1. The van der Waals surface area contributed by atoms with Crippen LogP contribution in [-0.4, -0.2) is 35.6 Å². The van der Waals surface area contributed by atoms with Crippen LogP contribution in [0.2, 0.25) is 0 Å². The number of piperidine rings is 1. The van der Waals surface area contributed by atoms with Gasteiger partial charge >= 0.3 is 0 Å². The molecule has 4 heteroatoms. The standard InChI is InChI=1S/C14H20N4/c1-12(18-7-3-2-4-8-18)10-16-14-6-5-13(9-15)11-17-14/h5-6,11-12H,2-4,7-8,10H2,1H3,(H,16,17). The van der Waals surface area contributed by atoms with Crippen molar-refractivity contribution < 1.29 is 0 Å². The summed E-state index contributed by atoms with van der Waals surface area (Å²) in [6.45, 7) is 5.58. The van der Waals surface area contributed by atoms with Crippen molar-refractivity contribution in [3.8, 4) is 6.07 Å². The van der Waals surface area contributed by atoms with Crippen LogP contribution in [0.1, 0.15) is 31.7 Å². The fourth-order valence-corrected chi connectivity index (χ4v) is 2.31. The minimum Gasteiger partial charge on any atom is -0.369 e. The maximum atomic E-state index is 8.70. The van der Waals surface area contributed by atoms with Gasteiger partial charge in [0.1, 0.15) is 11.9 Å². The van der Waals surface area contributed by atoms with E-state index in [1.54, 1.807) is 12.3 Å². The van der Waals surface area contributed by atoms with Crippen molar-refractivity contribution in [2.75, 3.05) is 25.0 Å². The molecule has 18 heavy (non-hydrogen) atoms. The maximum Gasteiger partial charge on any atom is 0.126 e. The number of nitriles is 1. The molecule has 1 fully saturated rings. The Balaban J connectivity index is 1.81. The second-order valence-corrected chi connectivity index (χ2v) is 4.87. The third-order valence-electron chi connectivity index (χ3n) is 3.49. The van der Waals surface area contributed by atoms with Gasteiger partial charge in [-0.2, -0.15) is 5.26 Å². The highest BCUT2D eigenvalue weighted by atomic mass is 15.2.